The fraction of sp³-hybridized carbons (Fsp3) is 0.538. The van der Waals surface area contributed by atoms with Crippen LogP contribution in [0.4, 0.5) is 5.82 Å². The Bertz CT molecular complexity index is 396. The second-order valence-electron chi connectivity index (χ2n) is 4.45. The summed E-state index contributed by atoms with van der Waals surface area (Å²) in [4.78, 5) is 4.13. The summed E-state index contributed by atoms with van der Waals surface area (Å²) in [5.41, 5.74) is 0.464. The Kier molecular flexibility index (Phi) is 5.79. The highest BCUT2D eigenvalue weighted by molar-refractivity contribution is 6.34. The lowest BCUT2D eigenvalue weighted by Gasteiger charge is -2.08. The van der Waals surface area contributed by atoms with Crippen LogP contribution in [0.3, 0.4) is 0 Å². The molecule has 1 aromatic heterocycles. The van der Waals surface area contributed by atoms with Gasteiger partial charge in [-0.2, -0.15) is 5.26 Å². The van der Waals surface area contributed by atoms with Crippen LogP contribution in [0, 0.1) is 17.2 Å². The molecule has 0 atom stereocenters. The lowest BCUT2D eigenvalue weighted by molar-refractivity contribution is 0.544. The monoisotopic (exact) mass is 251 g/mol. The summed E-state index contributed by atoms with van der Waals surface area (Å²) >= 11 is 6.02. The van der Waals surface area contributed by atoms with E-state index in [1.165, 1.54) is 12.8 Å². The molecule has 1 aromatic rings. The molecule has 0 amide bonds. The van der Waals surface area contributed by atoms with Crippen LogP contribution in [0.25, 0.3) is 0 Å². The maximum atomic E-state index is 8.82. The van der Waals surface area contributed by atoms with E-state index >= 15 is 0 Å². The van der Waals surface area contributed by atoms with Gasteiger partial charge in [0.05, 0.1) is 5.56 Å². The zero-order valence-corrected chi connectivity index (χ0v) is 11.1. The third-order valence-corrected chi connectivity index (χ3v) is 2.89. The van der Waals surface area contributed by atoms with Crippen molar-refractivity contribution in [2.75, 3.05) is 11.9 Å². The van der Waals surface area contributed by atoms with Gasteiger partial charge in [-0.05, 0) is 18.4 Å². The Labute approximate surface area is 108 Å². The van der Waals surface area contributed by atoms with Gasteiger partial charge < -0.3 is 5.32 Å². The second-order valence-corrected chi connectivity index (χ2v) is 4.83. The van der Waals surface area contributed by atoms with Crippen molar-refractivity contribution in [2.45, 2.75) is 33.1 Å². The number of hydrogen-bond acceptors (Lipinski definition) is 3. The number of nitrogens with zero attached hydrogens (tertiary/aromatic N) is 2. The minimum atomic E-state index is 0.416. The number of anilines is 1. The number of nitriles is 1. The molecule has 0 saturated carbocycles. The third kappa shape index (κ3) is 4.62. The number of nitrogens with one attached hydrogen (secondary N) is 1. The van der Waals surface area contributed by atoms with Gasteiger partial charge in [-0.25, -0.2) is 4.98 Å². The van der Waals surface area contributed by atoms with Crippen LogP contribution in [0.5, 0.6) is 0 Å². The first-order valence-corrected chi connectivity index (χ1v) is 6.31. The van der Waals surface area contributed by atoms with Crippen molar-refractivity contribution in [3.05, 3.63) is 22.8 Å². The SMILES string of the molecule is CC(C)CCCCNc1nccc(C#N)c1Cl. The van der Waals surface area contributed by atoms with Gasteiger partial charge in [0, 0.05) is 12.7 Å². The highest BCUT2D eigenvalue weighted by Crippen LogP contribution is 2.22. The lowest BCUT2D eigenvalue weighted by atomic mass is 10.1. The molecule has 4 heteroatoms. The van der Waals surface area contributed by atoms with Gasteiger partial charge in [-0.3, -0.25) is 0 Å². The molecule has 0 radical (unpaired) electrons. The van der Waals surface area contributed by atoms with E-state index in [-0.39, 0.29) is 0 Å². The molecule has 1 rings (SSSR count). The van der Waals surface area contributed by atoms with E-state index in [1.807, 2.05) is 6.07 Å². The first-order valence-electron chi connectivity index (χ1n) is 5.93. The smallest absolute Gasteiger partial charge is 0.146 e. The molecule has 0 aromatic carbocycles. The summed E-state index contributed by atoms with van der Waals surface area (Å²) in [5, 5.41) is 12.4. The quantitative estimate of drug-likeness (QED) is 0.782. The van der Waals surface area contributed by atoms with E-state index < -0.39 is 0 Å². The molecule has 3 nitrogen and oxygen atoms in total. The topological polar surface area (TPSA) is 48.7 Å². The molecule has 0 unspecified atom stereocenters. The summed E-state index contributed by atoms with van der Waals surface area (Å²) in [6.07, 6.45) is 5.12. The molecule has 0 bridgehead atoms. The minimum absolute atomic E-state index is 0.416. The molecule has 1 N–H and O–H groups in total. The Balaban J connectivity index is 2.40. The first kappa shape index (κ1) is 13.8. The van der Waals surface area contributed by atoms with E-state index in [1.54, 1.807) is 12.3 Å². The molecule has 0 aliphatic carbocycles. The zero-order chi connectivity index (χ0) is 12.7. The molecular formula is C13H18ClN3. The maximum absolute atomic E-state index is 8.82. The Morgan fingerprint density at radius 2 is 2.24 bits per heavy atom. The fourth-order valence-corrected chi connectivity index (χ4v) is 1.76. The van der Waals surface area contributed by atoms with Crippen molar-refractivity contribution in [3.63, 3.8) is 0 Å². The van der Waals surface area contributed by atoms with E-state index in [2.05, 4.69) is 24.1 Å². The van der Waals surface area contributed by atoms with Gasteiger partial charge in [-0.1, -0.05) is 38.3 Å². The van der Waals surface area contributed by atoms with E-state index in [0.29, 0.717) is 16.4 Å². The van der Waals surface area contributed by atoms with Gasteiger partial charge in [0.2, 0.25) is 0 Å². The Morgan fingerprint density at radius 3 is 2.88 bits per heavy atom. The first-order chi connectivity index (χ1) is 8.15. The summed E-state index contributed by atoms with van der Waals surface area (Å²) < 4.78 is 0. The van der Waals surface area contributed by atoms with Crippen molar-refractivity contribution in [1.29, 1.82) is 5.26 Å². The standard InChI is InChI=1S/C13H18ClN3/c1-10(2)5-3-4-7-16-13-12(14)11(9-15)6-8-17-13/h6,8,10H,3-5,7H2,1-2H3,(H,16,17). The largest absolute Gasteiger partial charge is 0.369 e. The molecule has 0 aliphatic heterocycles. The van der Waals surface area contributed by atoms with Crippen LogP contribution in [-0.4, -0.2) is 11.5 Å². The average Bonchev–Trinajstić information content (AvgIpc) is 2.30. The normalized spacial score (nSPS) is 10.3. The predicted octanol–water partition coefficient (Wildman–Crippen LogP) is 3.84. The number of halogens is 1. The molecular weight excluding hydrogens is 234 g/mol. The van der Waals surface area contributed by atoms with E-state index in [9.17, 15) is 0 Å². The van der Waals surface area contributed by atoms with Crippen LogP contribution >= 0.6 is 11.6 Å². The molecule has 0 aliphatic rings. The second kappa shape index (κ2) is 7.13. The number of rotatable bonds is 6. The lowest BCUT2D eigenvalue weighted by Crippen LogP contribution is -2.04. The molecule has 92 valence electrons. The molecule has 17 heavy (non-hydrogen) atoms. The van der Waals surface area contributed by atoms with Crippen molar-refractivity contribution >= 4 is 17.4 Å². The third-order valence-electron chi connectivity index (χ3n) is 2.51. The predicted molar refractivity (Wildman–Crippen MR) is 71.1 cm³/mol. The molecule has 0 saturated heterocycles. The minimum Gasteiger partial charge on any atom is -0.369 e. The summed E-state index contributed by atoms with van der Waals surface area (Å²) in [6, 6.07) is 3.66. The van der Waals surface area contributed by atoms with Gasteiger partial charge >= 0.3 is 0 Å². The number of pyridine rings is 1. The fourth-order valence-electron chi connectivity index (χ4n) is 1.54. The molecule has 0 spiro atoms. The van der Waals surface area contributed by atoms with Gasteiger partial charge in [0.1, 0.15) is 16.9 Å². The summed E-state index contributed by atoms with van der Waals surface area (Å²) in [7, 11) is 0. The van der Waals surface area contributed by atoms with Crippen LogP contribution < -0.4 is 5.32 Å². The maximum Gasteiger partial charge on any atom is 0.146 e. The molecule has 0 fully saturated rings. The average molecular weight is 252 g/mol. The van der Waals surface area contributed by atoms with Crippen molar-refractivity contribution in [1.82, 2.24) is 4.98 Å². The number of unbranched alkanes of at least 4 members (excludes halogenated alkanes) is 1. The highest BCUT2D eigenvalue weighted by Gasteiger charge is 2.05. The van der Waals surface area contributed by atoms with Crippen LogP contribution in [0.15, 0.2) is 12.3 Å². The number of aromatic nitrogens is 1. The van der Waals surface area contributed by atoms with Crippen molar-refractivity contribution in [3.8, 4) is 6.07 Å². The van der Waals surface area contributed by atoms with Crippen LogP contribution in [0.2, 0.25) is 5.02 Å². The van der Waals surface area contributed by atoms with Crippen molar-refractivity contribution in [2.24, 2.45) is 5.92 Å². The summed E-state index contributed by atoms with van der Waals surface area (Å²) in [5.74, 6) is 1.36. The zero-order valence-electron chi connectivity index (χ0n) is 10.3. The van der Waals surface area contributed by atoms with Gasteiger partial charge in [-0.15, -0.1) is 0 Å². The van der Waals surface area contributed by atoms with Gasteiger partial charge in [0.15, 0.2) is 0 Å². The Hall–Kier alpha value is -1.27. The Morgan fingerprint density at radius 1 is 1.47 bits per heavy atom. The van der Waals surface area contributed by atoms with Crippen LogP contribution in [0.1, 0.15) is 38.7 Å². The van der Waals surface area contributed by atoms with Crippen molar-refractivity contribution < 1.29 is 0 Å². The highest BCUT2D eigenvalue weighted by atomic mass is 35.5. The van der Waals surface area contributed by atoms with E-state index in [0.717, 1.165) is 18.9 Å². The molecule has 1 heterocycles. The summed E-state index contributed by atoms with van der Waals surface area (Å²) in [6.45, 7) is 5.29. The van der Waals surface area contributed by atoms with E-state index in [4.69, 9.17) is 16.9 Å². The number of hydrogen-bond donors (Lipinski definition) is 1. The van der Waals surface area contributed by atoms with Gasteiger partial charge in [0.25, 0.3) is 0 Å². The van der Waals surface area contributed by atoms with Crippen LogP contribution in [-0.2, 0) is 0 Å².